The van der Waals surface area contributed by atoms with Gasteiger partial charge in [0.1, 0.15) is 17.7 Å². The van der Waals surface area contributed by atoms with Crippen LogP contribution in [-0.2, 0) is 16.1 Å². The summed E-state index contributed by atoms with van der Waals surface area (Å²) in [6.45, 7) is 1.73. The number of aromatic nitrogens is 2. The van der Waals surface area contributed by atoms with Crippen LogP contribution in [0.15, 0.2) is 64.3 Å². The van der Waals surface area contributed by atoms with E-state index < -0.39 is 0 Å². The lowest BCUT2D eigenvalue weighted by Gasteiger charge is -2.11. The summed E-state index contributed by atoms with van der Waals surface area (Å²) in [5.74, 6) is -0.0105. The summed E-state index contributed by atoms with van der Waals surface area (Å²) in [5, 5.41) is 0.167. The van der Waals surface area contributed by atoms with Crippen LogP contribution in [-0.4, -0.2) is 21.2 Å². The van der Waals surface area contributed by atoms with Crippen molar-refractivity contribution in [3.8, 4) is 0 Å². The number of para-hydroxylation sites is 1. The van der Waals surface area contributed by atoms with Crippen LogP contribution < -0.4 is 5.56 Å². The number of rotatable bonds is 5. The van der Waals surface area contributed by atoms with Gasteiger partial charge >= 0.3 is 5.97 Å². The van der Waals surface area contributed by atoms with E-state index in [1.165, 1.54) is 11.8 Å². The van der Waals surface area contributed by atoms with Gasteiger partial charge in [-0.2, -0.15) is 0 Å². The smallest absolute Gasteiger partial charge is 0.319 e. The number of benzene rings is 2. The monoisotopic (exact) mass is 340 g/mol. The van der Waals surface area contributed by atoms with Crippen molar-refractivity contribution in [2.75, 3.05) is 0 Å². The summed E-state index contributed by atoms with van der Waals surface area (Å²) in [7, 11) is 0. The first-order valence-corrected chi connectivity index (χ1v) is 8.38. The number of H-pyrrole nitrogens is 1. The van der Waals surface area contributed by atoms with Crippen LogP contribution in [0.25, 0.3) is 10.9 Å². The summed E-state index contributed by atoms with van der Waals surface area (Å²) in [4.78, 5) is 32.0. The van der Waals surface area contributed by atoms with E-state index in [9.17, 15) is 9.59 Å². The van der Waals surface area contributed by atoms with Crippen LogP contribution >= 0.6 is 11.8 Å². The molecule has 1 heterocycles. The summed E-state index contributed by atoms with van der Waals surface area (Å²) in [5.41, 5.74) is 0.345. The van der Waals surface area contributed by atoms with Gasteiger partial charge in [0.15, 0.2) is 0 Å². The number of carbonyl (C=O) groups excluding carboxylic acids is 1. The predicted molar refractivity (Wildman–Crippen MR) is 93.9 cm³/mol. The van der Waals surface area contributed by atoms with E-state index in [-0.39, 0.29) is 23.4 Å². The minimum Gasteiger partial charge on any atom is -0.457 e. The van der Waals surface area contributed by atoms with Gasteiger partial charge in [0.25, 0.3) is 5.56 Å². The van der Waals surface area contributed by atoms with E-state index in [0.717, 1.165) is 4.90 Å². The van der Waals surface area contributed by atoms with Crippen LogP contribution in [0.5, 0.6) is 0 Å². The Morgan fingerprint density at radius 3 is 2.67 bits per heavy atom. The molecule has 0 radical (unpaired) electrons. The number of hydrogen-bond donors (Lipinski definition) is 1. The minimum absolute atomic E-state index is 0.0569. The quantitative estimate of drug-likeness (QED) is 0.571. The maximum Gasteiger partial charge on any atom is 0.319 e. The number of aromatic amines is 1. The molecule has 24 heavy (non-hydrogen) atoms. The fraction of sp³-hybridized carbons (Fsp3) is 0.167. The van der Waals surface area contributed by atoms with Gasteiger partial charge in [-0.15, -0.1) is 11.8 Å². The van der Waals surface area contributed by atoms with E-state index in [4.69, 9.17) is 4.74 Å². The minimum atomic E-state index is -0.348. The molecule has 122 valence electrons. The average molecular weight is 340 g/mol. The normalized spacial score (nSPS) is 12.0. The highest BCUT2D eigenvalue weighted by Crippen LogP contribution is 2.23. The molecule has 2 aromatic carbocycles. The lowest BCUT2D eigenvalue weighted by Crippen LogP contribution is -2.19. The summed E-state index contributed by atoms with van der Waals surface area (Å²) >= 11 is 1.43. The first-order chi connectivity index (χ1) is 11.6. The Morgan fingerprint density at radius 1 is 1.17 bits per heavy atom. The fourth-order valence-corrected chi connectivity index (χ4v) is 3.10. The second kappa shape index (κ2) is 7.31. The molecule has 1 N–H and O–H groups in total. The van der Waals surface area contributed by atoms with Crippen LogP contribution in [0.1, 0.15) is 12.7 Å². The third-order valence-electron chi connectivity index (χ3n) is 3.40. The molecule has 0 spiro atoms. The fourth-order valence-electron chi connectivity index (χ4n) is 2.21. The molecule has 0 bridgehead atoms. The molecule has 0 aliphatic heterocycles. The van der Waals surface area contributed by atoms with Gasteiger partial charge in [-0.25, -0.2) is 4.98 Å². The Hall–Kier alpha value is -2.60. The van der Waals surface area contributed by atoms with Gasteiger partial charge in [0.2, 0.25) is 0 Å². The van der Waals surface area contributed by atoms with Crippen LogP contribution in [0.3, 0.4) is 0 Å². The predicted octanol–water partition coefficient (Wildman–Crippen LogP) is 3.15. The molecule has 6 heteroatoms. The van der Waals surface area contributed by atoms with Crippen LogP contribution in [0.2, 0.25) is 0 Å². The van der Waals surface area contributed by atoms with E-state index in [0.29, 0.717) is 16.7 Å². The van der Waals surface area contributed by atoms with Crippen molar-refractivity contribution in [1.29, 1.82) is 0 Å². The standard InChI is InChI=1S/C18H16N2O3S/c1-12(24-13-7-3-2-4-8-13)18(22)23-11-16-19-15-10-6-5-9-14(15)17(21)20-16/h2-10,12H,11H2,1H3,(H,19,20,21)/t12-/m1/s1. The Morgan fingerprint density at radius 2 is 1.88 bits per heavy atom. The van der Waals surface area contributed by atoms with E-state index in [1.807, 2.05) is 36.4 Å². The lowest BCUT2D eigenvalue weighted by atomic mass is 10.2. The molecule has 3 rings (SSSR count). The molecule has 1 aromatic heterocycles. The number of nitrogens with one attached hydrogen (secondary N) is 1. The topological polar surface area (TPSA) is 72.0 Å². The zero-order valence-corrected chi connectivity index (χ0v) is 13.9. The molecule has 5 nitrogen and oxygen atoms in total. The molecular formula is C18H16N2O3S. The van der Waals surface area contributed by atoms with Gasteiger partial charge in [-0.3, -0.25) is 9.59 Å². The first kappa shape index (κ1) is 16.3. The SMILES string of the molecule is C[C@@H](Sc1ccccc1)C(=O)OCc1nc2ccccc2c(=O)[nH]1. The number of hydrogen-bond acceptors (Lipinski definition) is 5. The highest BCUT2D eigenvalue weighted by atomic mass is 32.2. The second-order valence-electron chi connectivity index (χ2n) is 5.21. The van der Waals surface area contributed by atoms with E-state index in [1.54, 1.807) is 25.1 Å². The third-order valence-corrected chi connectivity index (χ3v) is 4.49. The Bertz CT molecular complexity index is 909. The number of nitrogens with zero attached hydrogens (tertiary/aromatic N) is 1. The van der Waals surface area contributed by atoms with Crippen molar-refractivity contribution >= 4 is 28.6 Å². The molecule has 0 saturated heterocycles. The van der Waals surface area contributed by atoms with Gasteiger partial charge in [-0.1, -0.05) is 30.3 Å². The van der Waals surface area contributed by atoms with Crippen molar-refractivity contribution < 1.29 is 9.53 Å². The first-order valence-electron chi connectivity index (χ1n) is 7.50. The van der Waals surface area contributed by atoms with Gasteiger partial charge in [0, 0.05) is 4.90 Å². The van der Waals surface area contributed by atoms with Crippen molar-refractivity contribution in [2.24, 2.45) is 0 Å². The van der Waals surface area contributed by atoms with Gasteiger partial charge < -0.3 is 9.72 Å². The Balaban J connectivity index is 1.65. The highest BCUT2D eigenvalue weighted by Gasteiger charge is 2.16. The summed E-state index contributed by atoms with van der Waals surface area (Å²) in [6.07, 6.45) is 0. The molecular weight excluding hydrogens is 324 g/mol. The molecule has 0 amide bonds. The summed E-state index contributed by atoms with van der Waals surface area (Å²) < 4.78 is 5.27. The number of fused-ring (bicyclic) bond motifs is 1. The molecule has 0 saturated carbocycles. The number of carbonyl (C=O) groups is 1. The zero-order chi connectivity index (χ0) is 16.9. The van der Waals surface area contributed by atoms with Crippen molar-refractivity contribution in [3.05, 3.63) is 70.8 Å². The van der Waals surface area contributed by atoms with Crippen molar-refractivity contribution in [2.45, 2.75) is 23.7 Å². The largest absolute Gasteiger partial charge is 0.457 e. The average Bonchev–Trinajstić information content (AvgIpc) is 2.60. The molecule has 3 aromatic rings. The van der Waals surface area contributed by atoms with E-state index in [2.05, 4.69) is 9.97 Å². The maximum atomic E-state index is 12.1. The number of ether oxygens (including phenoxy) is 1. The lowest BCUT2D eigenvalue weighted by molar-refractivity contribution is -0.144. The molecule has 0 aliphatic carbocycles. The van der Waals surface area contributed by atoms with Gasteiger partial charge in [-0.05, 0) is 31.2 Å². The highest BCUT2D eigenvalue weighted by molar-refractivity contribution is 8.00. The molecule has 0 aliphatic rings. The maximum absolute atomic E-state index is 12.1. The molecule has 0 fully saturated rings. The number of thioether (sulfide) groups is 1. The van der Waals surface area contributed by atoms with Crippen LogP contribution in [0, 0.1) is 0 Å². The van der Waals surface area contributed by atoms with E-state index >= 15 is 0 Å². The van der Waals surface area contributed by atoms with Gasteiger partial charge in [0.05, 0.1) is 10.9 Å². The summed E-state index contributed by atoms with van der Waals surface area (Å²) in [6, 6.07) is 16.7. The molecule has 1 atom stereocenters. The zero-order valence-electron chi connectivity index (χ0n) is 13.1. The van der Waals surface area contributed by atoms with Crippen molar-refractivity contribution in [3.63, 3.8) is 0 Å². The Kier molecular flexibility index (Phi) is 4.96. The number of esters is 1. The van der Waals surface area contributed by atoms with Crippen molar-refractivity contribution in [1.82, 2.24) is 9.97 Å². The Labute approximate surface area is 143 Å². The second-order valence-corrected chi connectivity index (χ2v) is 6.62. The molecule has 0 unspecified atom stereocenters. The van der Waals surface area contributed by atoms with Crippen LogP contribution in [0.4, 0.5) is 0 Å². The third kappa shape index (κ3) is 3.83.